The third-order valence-electron chi connectivity index (χ3n) is 7.32. The van der Waals surface area contributed by atoms with Crippen LogP contribution in [0.1, 0.15) is 28.8 Å². The molecule has 0 radical (unpaired) electrons. The number of fused-ring (bicyclic) bond motifs is 5. The average molecular weight is 509 g/mol. The number of halogens is 1. The highest BCUT2D eigenvalue weighted by Gasteiger charge is 2.58. The molecule has 186 valence electrons. The summed E-state index contributed by atoms with van der Waals surface area (Å²) in [5.41, 5.74) is 1.50. The zero-order valence-corrected chi connectivity index (χ0v) is 20.3. The highest BCUT2D eigenvalue weighted by molar-refractivity contribution is 6.31. The molecule has 2 N–H and O–H groups in total. The van der Waals surface area contributed by atoms with Gasteiger partial charge in [0.2, 0.25) is 11.8 Å². The number of hydrogen-bond donors (Lipinski definition) is 2. The van der Waals surface area contributed by atoms with E-state index in [1.165, 1.54) is 23.1 Å². The van der Waals surface area contributed by atoms with E-state index in [1.54, 1.807) is 18.2 Å². The van der Waals surface area contributed by atoms with E-state index < -0.39 is 10.8 Å². The van der Waals surface area contributed by atoms with Crippen LogP contribution < -0.4 is 10.6 Å². The van der Waals surface area contributed by atoms with Gasteiger partial charge in [-0.25, -0.2) is 0 Å². The van der Waals surface area contributed by atoms with Crippen molar-refractivity contribution >= 4 is 46.4 Å². The molecule has 36 heavy (non-hydrogen) atoms. The molecule has 0 aromatic heterocycles. The monoisotopic (exact) mass is 508 g/mol. The number of anilines is 2. The maximum absolute atomic E-state index is 12.8. The fourth-order valence-corrected chi connectivity index (χ4v) is 5.67. The lowest BCUT2D eigenvalue weighted by molar-refractivity contribution is -0.384. The zero-order chi connectivity index (χ0) is 25.6. The molecule has 2 aliphatic carbocycles. The molecule has 10 heteroatoms. The summed E-state index contributed by atoms with van der Waals surface area (Å²) in [5.74, 6) is -0.810. The van der Waals surface area contributed by atoms with Crippen LogP contribution in [0.15, 0.2) is 48.6 Å². The number of benzene rings is 2. The van der Waals surface area contributed by atoms with Crippen LogP contribution in [0.3, 0.4) is 0 Å². The smallest absolute Gasteiger partial charge is 0.293 e. The van der Waals surface area contributed by atoms with Crippen LogP contribution in [0.2, 0.25) is 5.02 Å². The van der Waals surface area contributed by atoms with Crippen molar-refractivity contribution in [3.8, 4) is 0 Å². The fraction of sp³-hybridized carbons (Fsp3) is 0.346. The number of carbonyl (C=O) groups excluding carboxylic acids is 3. The molecule has 2 aromatic rings. The van der Waals surface area contributed by atoms with Crippen LogP contribution >= 0.6 is 11.6 Å². The number of nitro groups is 1. The molecule has 2 bridgehead atoms. The summed E-state index contributed by atoms with van der Waals surface area (Å²) in [6.45, 7) is 2.44. The highest BCUT2D eigenvalue weighted by Crippen LogP contribution is 2.52. The van der Waals surface area contributed by atoms with Gasteiger partial charge in [0.15, 0.2) is 0 Å². The lowest BCUT2D eigenvalue weighted by Crippen LogP contribution is -2.34. The first-order chi connectivity index (χ1) is 17.2. The van der Waals surface area contributed by atoms with Crippen molar-refractivity contribution in [1.82, 2.24) is 4.90 Å². The summed E-state index contributed by atoms with van der Waals surface area (Å²) in [4.78, 5) is 50.6. The molecule has 2 aromatic carbocycles. The Hall–Kier alpha value is -3.72. The van der Waals surface area contributed by atoms with Crippen LogP contribution in [0, 0.1) is 40.7 Å². The Morgan fingerprint density at radius 2 is 1.81 bits per heavy atom. The second kappa shape index (κ2) is 9.39. The van der Waals surface area contributed by atoms with Crippen molar-refractivity contribution in [3.63, 3.8) is 0 Å². The Bertz CT molecular complexity index is 1280. The van der Waals surface area contributed by atoms with Gasteiger partial charge in [-0.15, -0.1) is 0 Å². The number of nitrogens with one attached hydrogen (secondary N) is 2. The van der Waals surface area contributed by atoms with Crippen molar-refractivity contribution in [2.75, 3.05) is 23.7 Å². The Morgan fingerprint density at radius 1 is 1.11 bits per heavy atom. The number of hydrogen-bond acceptors (Lipinski definition) is 6. The van der Waals surface area contributed by atoms with E-state index in [4.69, 9.17) is 11.6 Å². The number of aryl methyl sites for hydroxylation is 1. The Kier molecular flexibility index (Phi) is 6.26. The van der Waals surface area contributed by atoms with Gasteiger partial charge in [-0.05, 0) is 61.4 Å². The van der Waals surface area contributed by atoms with Crippen LogP contribution in [0.5, 0.6) is 0 Å². The number of allylic oxidation sites excluding steroid dienone is 2. The summed E-state index contributed by atoms with van der Waals surface area (Å²) < 4.78 is 0. The molecule has 1 saturated heterocycles. The Labute approximate surface area is 212 Å². The van der Waals surface area contributed by atoms with E-state index in [9.17, 15) is 24.5 Å². The number of nitro benzene ring substituents is 1. The van der Waals surface area contributed by atoms with Gasteiger partial charge in [0.25, 0.3) is 11.6 Å². The lowest BCUT2D eigenvalue weighted by atomic mass is 9.85. The predicted molar refractivity (Wildman–Crippen MR) is 135 cm³/mol. The SMILES string of the molecule is Cc1ccc(NC(=O)c2ccc(NCCCN3C(=O)C4C5C=CC(C5)C4C3=O)c([N+](=O)[O-])c2)cc1Cl. The number of likely N-dealkylation sites (tertiary alicyclic amines) is 1. The van der Waals surface area contributed by atoms with E-state index in [1.807, 2.05) is 6.92 Å². The first-order valence-electron chi connectivity index (χ1n) is 11.9. The molecular weight excluding hydrogens is 484 g/mol. The maximum Gasteiger partial charge on any atom is 0.293 e. The first kappa shape index (κ1) is 24.0. The van der Waals surface area contributed by atoms with Crippen molar-refractivity contribution in [1.29, 1.82) is 0 Å². The van der Waals surface area contributed by atoms with Crippen molar-refractivity contribution in [2.24, 2.45) is 23.7 Å². The first-order valence-corrected chi connectivity index (χ1v) is 12.3. The number of rotatable bonds is 8. The number of imide groups is 1. The van der Waals surface area contributed by atoms with E-state index >= 15 is 0 Å². The topological polar surface area (TPSA) is 122 Å². The zero-order valence-electron chi connectivity index (χ0n) is 19.6. The summed E-state index contributed by atoms with van der Waals surface area (Å²) in [5, 5.41) is 17.9. The predicted octanol–water partition coefficient (Wildman–Crippen LogP) is 4.42. The van der Waals surface area contributed by atoms with Gasteiger partial charge in [-0.2, -0.15) is 0 Å². The molecule has 4 atom stereocenters. The summed E-state index contributed by atoms with van der Waals surface area (Å²) in [7, 11) is 0. The average Bonchev–Trinajstić information content (AvgIpc) is 3.53. The molecule has 1 aliphatic heterocycles. The highest BCUT2D eigenvalue weighted by atomic mass is 35.5. The maximum atomic E-state index is 12.8. The molecule has 9 nitrogen and oxygen atoms in total. The van der Waals surface area contributed by atoms with Gasteiger partial charge in [-0.3, -0.25) is 29.4 Å². The standard InChI is InChI=1S/C26H25ClN4O5/c1-14-3-7-18(13-19(14)27)29-24(32)17-6-8-20(21(12-17)31(35)36)28-9-2-10-30-25(33)22-15-4-5-16(11-15)23(22)26(30)34/h3-8,12-13,15-16,22-23,28H,2,9-11H2,1H3,(H,29,32). The third-order valence-corrected chi connectivity index (χ3v) is 7.73. The van der Waals surface area contributed by atoms with E-state index in [2.05, 4.69) is 22.8 Å². The van der Waals surface area contributed by atoms with Gasteiger partial charge in [0, 0.05) is 35.4 Å². The summed E-state index contributed by atoms with van der Waals surface area (Å²) >= 11 is 6.10. The quantitative estimate of drug-likeness (QED) is 0.179. The molecule has 3 amide bonds. The van der Waals surface area contributed by atoms with Crippen LogP contribution in [0.4, 0.5) is 17.1 Å². The number of carbonyl (C=O) groups is 3. The van der Waals surface area contributed by atoms with E-state index in [0.717, 1.165) is 12.0 Å². The van der Waals surface area contributed by atoms with Gasteiger partial charge < -0.3 is 10.6 Å². The van der Waals surface area contributed by atoms with E-state index in [0.29, 0.717) is 23.7 Å². The molecule has 0 spiro atoms. The second-order valence-corrected chi connectivity index (χ2v) is 9.92. The Balaban J connectivity index is 1.19. The minimum Gasteiger partial charge on any atom is -0.379 e. The minimum absolute atomic E-state index is 0.0990. The van der Waals surface area contributed by atoms with Crippen LogP contribution in [-0.2, 0) is 9.59 Å². The molecule has 5 rings (SSSR count). The van der Waals surface area contributed by atoms with Gasteiger partial charge in [0.05, 0.1) is 16.8 Å². The lowest BCUT2D eigenvalue weighted by Gasteiger charge is -2.17. The largest absolute Gasteiger partial charge is 0.379 e. The van der Waals surface area contributed by atoms with Gasteiger partial charge in [0.1, 0.15) is 5.69 Å². The molecule has 4 unspecified atom stereocenters. The Morgan fingerprint density at radius 3 is 2.44 bits per heavy atom. The number of amides is 3. The normalized spacial score (nSPS) is 23.8. The number of nitrogens with zero attached hydrogens (tertiary/aromatic N) is 2. The second-order valence-electron chi connectivity index (χ2n) is 9.52. The minimum atomic E-state index is -0.556. The molecule has 3 aliphatic rings. The van der Waals surface area contributed by atoms with Crippen molar-refractivity contribution in [3.05, 3.63) is 74.8 Å². The third kappa shape index (κ3) is 4.24. The van der Waals surface area contributed by atoms with Crippen molar-refractivity contribution < 1.29 is 19.3 Å². The molecular formula is C26H25ClN4O5. The summed E-state index contributed by atoms with van der Waals surface area (Å²) in [6.07, 6.45) is 5.45. The summed E-state index contributed by atoms with van der Waals surface area (Å²) in [6, 6.07) is 9.28. The van der Waals surface area contributed by atoms with E-state index in [-0.39, 0.29) is 59.0 Å². The van der Waals surface area contributed by atoms with Gasteiger partial charge >= 0.3 is 0 Å². The molecule has 1 heterocycles. The fourth-order valence-electron chi connectivity index (χ4n) is 5.49. The molecule has 2 fully saturated rings. The molecule has 1 saturated carbocycles. The van der Waals surface area contributed by atoms with Gasteiger partial charge in [-0.1, -0.05) is 29.8 Å². The van der Waals surface area contributed by atoms with Crippen LogP contribution in [-0.4, -0.2) is 40.6 Å². The van der Waals surface area contributed by atoms with Crippen molar-refractivity contribution in [2.45, 2.75) is 19.8 Å². The van der Waals surface area contributed by atoms with Crippen LogP contribution in [0.25, 0.3) is 0 Å².